The fourth-order valence-corrected chi connectivity index (χ4v) is 5.69. The quantitative estimate of drug-likeness (QED) is 0.488. The maximum Gasteiger partial charge on any atom is 0.314 e. The van der Waals surface area contributed by atoms with Crippen LogP contribution in [0.4, 0.5) is 8.78 Å². The van der Waals surface area contributed by atoms with E-state index in [1.807, 2.05) is 6.07 Å². The highest BCUT2D eigenvalue weighted by atomic mass is 32.2. The van der Waals surface area contributed by atoms with Crippen molar-refractivity contribution in [2.45, 2.75) is 38.7 Å². The van der Waals surface area contributed by atoms with E-state index in [1.54, 1.807) is 44.2 Å². The number of benzene rings is 1. The Balaban J connectivity index is 1.42. The largest absolute Gasteiger partial charge is 0.415 e. The molecule has 2 amide bonds. The summed E-state index contributed by atoms with van der Waals surface area (Å²) in [5.41, 5.74) is 2.53. The zero-order chi connectivity index (χ0) is 26.5. The van der Waals surface area contributed by atoms with Crippen LogP contribution >= 0.6 is 0 Å². The van der Waals surface area contributed by atoms with Gasteiger partial charge in [-0.1, -0.05) is 18.2 Å². The molecule has 4 heterocycles. The van der Waals surface area contributed by atoms with Gasteiger partial charge in [0.05, 0.1) is 29.0 Å². The predicted octanol–water partition coefficient (Wildman–Crippen LogP) is 4.36. The molecule has 2 aliphatic heterocycles. The summed E-state index contributed by atoms with van der Waals surface area (Å²) < 4.78 is 50.2. The van der Waals surface area contributed by atoms with E-state index in [0.29, 0.717) is 28.8 Å². The molecule has 192 valence electrons. The highest BCUT2D eigenvalue weighted by Crippen LogP contribution is 2.37. The number of imide groups is 1. The van der Waals surface area contributed by atoms with Gasteiger partial charge in [-0.2, -0.15) is 8.78 Å². The molecule has 0 spiro atoms. The molecule has 37 heavy (non-hydrogen) atoms. The Morgan fingerprint density at radius 1 is 1.16 bits per heavy atom. The van der Waals surface area contributed by atoms with Crippen molar-refractivity contribution in [1.29, 1.82) is 4.78 Å². The Hall–Kier alpha value is -3.80. The van der Waals surface area contributed by atoms with Crippen molar-refractivity contribution in [3.05, 3.63) is 70.9 Å². The number of hydrogen-bond donors (Lipinski definition) is 1. The average molecular weight is 528 g/mol. The number of carbonyl (C=O) groups is 2. The van der Waals surface area contributed by atoms with Crippen molar-refractivity contribution in [3.8, 4) is 11.5 Å². The molecule has 0 saturated heterocycles. The summed E-state index contributed by atoms with van der Waals surface area (Å²) in [6.07, 6.45) is 0.746. The van der Waals surface area contributed by atoms with Crippen molar-refractivity contribution in [3.63, 3.8) is 0 Å². The number of fused-ring (bicyclic) bond motifs is 1. The molecule has 12 heteroatoms. The third-order valence-electron chi connectivity index (χ3n) is 6.64. The van der Waals surface area contributed by atoms with E-state index in [1.165, 1.54) is 6.20 Å². The van der Waals surface area contributed by atoms with E-state index in [9.17, 15) is 22.6 Å². The van der Waals surface area contributed by atoms with Gasteiger partial charge in [-0.25, -0.2) is 4.21 Å². The van der Waals surface area contributed by atoms with Gasteiger partial charge in [0.1, 0.15) is 0 Å². The van der Waals surface area contributed by atoms with Gasteiger partial charge >= 0.3 is 6.43 Å². The molecule has 9 nitrogen and oxygen atoms in total. The van der Waals surface area contributed by atoms with E-state index in [0.717, 1.165) is 16.0 Å². The second kappa shape index (κ2) is 8.94. The molecule has 3 aromatic rings. The summed E-state index contributed by atoms with van der Waals surface area (Å²) in [7, 11) is -2.59. The predicted molar refractivity (Wildman–Crippen MR) is 130 cm³/mol. The summed E-state index contributed by atoms with van der Waals surface area (Å²) in [6, 6.07) is 8.51. The Morgan fingerprint density at radius 2 is 1.92 bits per heavy atom. The van der Waals surface area contributed by atoms with Gasteiger partial charge in [-0.3, -0.25) is 24.3 Å². The molecular formula is C25H23F2N5O4S. The van der Waals surface area contributed by atoms with Crippen molar-refractivity contribution < 1.29 is 27.0 Å². The van der Waals surface area contributed by atoms with Gasteiger partial charge in [0.2, 0.25) is 11.8 Å². The number of alkyl halides is 2. The lowest BCUT2D eigenvalue weighted by molar-refractivity contribution is -0.134. The number of allylic oxidation sites excluding steroid dienone is 1. The van der Waals surface area contributed by atoms with Crippen LogP contribution in [0, 0.1) is 4.78 Å². The normalized spacial score (nSPS) is 21.2. The van der Waals surface area contributed by atoms with Crippen LogP contribution in [0.3, 0.4) is 0 Å². The van der Waals surface area contributed by atoms with Crippen molar-refractivity contribution >= 4 is 27.1 Å². The van der Waals surface area contributed by atoms with E-state index < -0.39 is 33.4 Å². The lowest BCUT2D eigenvalue weighted by atomic mass is 9.76. The lowest BCUT2D eigenvalue weighted by Crippen LogP contribution is -2.51. The van der Waals surface area contributed by atoms with Gasteiger partial charge in [-0.05, 0) is 55.2 Å². The van der Waals surface area contributed by atoms with Gasteiger partial charge < -0.3 is 4.42 Å². The molecule has 0 aliphatic carbocycles. The van der Waals surface area contributed by atoms with Crippen LogP contribution in [0.25, 0.3) is 17.0 Å². The van der Waals surface area contributed by atoms with Gasteiger partial charge in [0.15, 0.2) is 0 Å². The van der Waals surface area contributed by atoms with E-state index in [2.05, 4.69) is 15.2 Å². The SMILES string of the molecule is CC1(C)C(=O)N(Cc2ccc(-c3nnc(C(F)F)o3)cn2)C(=O)c2cc(C3=CCS(=N)(=O)CC3)ccc21. The lowest BCUT2D eigenvalue weighted by Gasteiger charge is -2.37. The first kappa shape index (κ1) is 24.9. The Bertz CT molecular complexity index is 1550. The second-order valence-corrected chi connectivity index (χ2v) is 11.9. The topological polar surface area (TPSA) is 130 Å². The first-order valence-electron chi connectivity index (χ1n) is 11.5. The van der Waals surface area contributed by atoms with E-state index in [-0.39, 0.29) is 29.8 Å². The van der Waals surface area contributed by atoms with Crippen LogP contribution in [0.15, 0.2) is 47.0 Å². The average Bonchev–Trinajstić information content (AvgIpc) is 3.37. The summed E-state index contributed by atoms with van der Waals surface area (Å²) >= 11 is 0. The summed E-state index contributed by atoms with van der Waals surface area (Å²) in [5.74, 6) is -1.27. The number of halogens is 2. The molecule has 1 aromatic carbocycles. The van der Waals surface area contributed by atoms with E-state index in [4.69, 9.17) is 9.20 Å². The van der Waals surface area contributed by atoms with Gasteiger partial charge in [-0.15, -0.1) is 10.2 Å². The number of nitrogens with zero attached hydrogens (tertiary/aromatic N) is 4. The number of pyridine rings is 1. The Morgan fingerprint density at radius 3 is 2.54 bits per heavy atom. The van der Waals surface area contributed by atoms with Crippen LogP contribution in [0.5, 0.6) is 0 Å². The zero-order valence-corrected chi connectivity index (χ0v) is 20.8. The monoisotopic (exact) mass is 527 g/mol. The summed E-state index contributed by atoms with van der Waals surface area (Å²) in [5, 5.41) is 6.88. The first-order valence-corrected chi connectivity index (χ1v) is 13.4. The molecule has 1 atom stereocenters. The Labute approximate surface area is 211 Å². The molecule has 0 bridgehead atoms. The van der Waals surface area contributed by atoms with Crippen molar-refractivity contribution in [2.75, 3.05) is 11.5 Å². The van der Waals surface area contributed by atoms with Gasteiger partial charge in [0, 0.05) is 27.2 Å². The van der Waals surface area contributed by atoms with Crippen LogP contribution in [-0.4, -0.2) is 47.6 Å². The van der Waals surface area contributed by atoms with E-state index >= 15 is 0 Å². The van der Waals surface area contributed by atoms with Crippen LogP contribution in [0.1, 0.15) is 59.8 Å². The van der Waals surface area contributed by atoms with Gasteiger partial charge in [0.25, 0.3) is 11.8 Å². The summed E-state index contributed by atoms with van der Waals surface area (Å²) in [6.45, 7) is 3.44. The molecule has 5 rings (SSSR count). The smallest absolute Gasteiger partial charge is 0.314 e. The number of aromatic nitrogens is 3. The fourth-order valence-electron chi connectivity index (χ4n) is 4.50. The number of rotatable bonds is 5. The number of hydrogen-bond acceptors (Lipinski definition) is 8. The number of nitrogens with one attached hydrogen (secondary N) is 1. The van der Waals surface area contributed by atoms with Crippen molar-refractivity contribution in [1.82, 2.24) is 20.1 Å². The molecule has 1 unspecified atom stereocenters. The maximum atomic E-state index is 13.5. The third-order valence-corrected chi connectivity index (χ3v) is 8.21. The summed E-state index contributed by atoms with van der Waals surface area (Å²) in [4.78, 5) is 32.3. The highest BCUT2D eigenvalue weighted by molar-refractivity contribution is 7.92. The maximum absolute atomic E-state index is 13.5. The van der Waals surface area contributed by atoms with Crippen molar-refractivity contribution in [2.24, 2.45) is 0 Å². The molecule has 0 fully saturated rings. The standard InChI is InChI=1S/C25H23F2N5O4S/c1-25(2)19-6-4-15(14-7-9-37(28,35)10-8-14)11-18(19)23(33)32(24(25)34)13-17-5-3-16(12-29-17)21-30-31-22(36-21)20(26)27/h3-7,11-12,20,28H,8-10,13H2,1-2H3. The molecule has 2 aliphatic rings. The minimum atomic E-state index is -2.88. The molecule has 1 N–H and O–H groups in total. The number of carbonyl (C=O) groups excluding carboxylic acids is 2. The minimum Gasteiger partial charge on any atom is -0.415 e. The second-order valence-electron chi connectivity index (χ2n) is 9.53. The Kier molecular flexibility index (Phi) is 6.01. The highest BCUT2D eigenvalue weighted by Gasteiger charge is 2.44. The molecule has 0 radical (unpaired) electrons. The van der Waals surface area contributed by atoms with Crippen LogP contribution in [-0.2, 0) is 26.5 Å². The van der Waals surface area contributed by atoms with Crippen LogP contribution in [0.2, 0.25) is 0 Å². The third kappa shape index (κ3) is 4.57. The minimum absolute atomic E-state index is 0.0826. The first-order chi connectivity index (χ1) is 17.5. The fraction of sp³-hybridized carbons (Fsp3) is 0.320. The number of amides is 2. The molecule has 0 saturated carbocycles. The molecule has 2 aromatic heterocycles. The zero-order valence-electron chi connectivity index (χ0n) is 20.0. The molecular weight excluding hydrogens is 504 g/mol. The van der Waals surface area contributed by atoms with Crippen LogP contribution < -0.4 is 0 Å².